The Hall–Kier alpha value is -2.70. The molecule has 1 saturated heterocycles. The van der Waals surface area contributed by atoms with Crippen LogP contribution in [0.25, 0.3) is 10.9 Å². The number of amides is 1. The molecule has 27 heavy (non-hydrogen) atoms. The molecule has 1 aromatic carbocycles. The van der Waals surface area contributed by atoms with Crippen LogP contribution in [0.2, 0.25) is 0 Å². The van der Waals surface area contributed by atoms with E-state index in [4.69, 9.17) is 5.11 Å². The van der Waals surface area contributed by atoms with Crippen molar-refractivity contribution in [2.24, 2.45) is 0 Å². The highest BCUT2D eigenvalue weighted by Gasteiger charge is 2.31. The molecule has 1 aromatic heterocycles. The molecule has 7 nitrogen and oxygen atoms in total. The number of benzene rings is 1. The number of aromatic nitrogens is 2. The quantitative estimate of drug-likeness (QED) is 0.895. The van der Waals surface area contributed by atoms with Gasteiger partial charge in [-0.1, -0.05) is 6.42 Å². The van der Waals surface area contributed by atoms with Gasteiger partial charge < -0.3 is 10.0 Å². The summed E-state index contributed by atoms with van der Waals surface area (Å²) in [5.74, 6) is -0.285. The second kappa shape index (κ2) is 7.13. The minimum atomic E-state index is -0.893. The van der Waals surface area contributed by atoms with Gasteiger partial charge in [0.15, 0.2) is 0 Å². The first-order valence-electron chi connectivity index (χ1n) is 9.61. The van der Waals surface area contributed by atoms with Crippen molar-refractivity contribution in [3.05, 3.63) is 39.9 Å². The van der Waals surface area contributed by atoms with Crippen LogP contribution in [0.4, 0.5) is 0 Å². The van der Waals surface area contributed by atoms with Gasteiger partial charge in [0.25, 0.3) is 11.5 Å². The van der Waals surface area contributed by atoms with E-state index in [0.717, 1.165) is 37.9 Å². The lowest BCUT2D eigenvalue weighted by Crippen LogP contribution is -2.36. The normalized spacial score (nSPS) is 19.7. The molecule has 0 aliphatic carbocycles. The summed E-state index contributed by atoms with van der Waals surface area (Å²) in [6.45, 7) is 1.26. The van der Waals surface area contributed by atoms with Crippen molar-refractivity contribution in [1.82, 2.24) is 14.5 Å². The Labute approximate surface area is 156 Å². The van der Waals surface area contributed by atoms with Gasteiger partial charge in [0.1, 0.15) is 5.82 Å². The summed E-state index contributed by atoms with van der Waals surface area (Å²) < 4.78 is 1.76. The highest BCUT2D eigenvalue weighted by molar-refractivity contribution is 5.98. The average molecular weight is 369 g/mol. The van der Waals surface area contributed by atoms with E-state index in [0.29, 0.717) is 36.0 Å². The lowest BCUT2D eigenvalue weighted by Gasteiger charge is -2.23. The van der Waals surface area contributed by atoms with Crippen molar-refractivity contribution in [1.29, 1.82) is 0 Å². The van der Waals surface area contributed by atoms with E-state index in [1.807, 2.05) is 0 Å². The first-order valence-corrected chi connectivity index (χ1v) is 9.61. The number of hydrogen-bond acceptors (Lipinski definition) is 4. The summed E-state index contributed by atoms with van der Waals surface area (Å²) in [6.07, 6.45) is 5.34. The van der Waals surface area contributed by atoms with Gasteiger partial charge in [-0.05, 0) is 43.9 Å². The summed E-state index contributed by atoms with van der Waals surface area (Å²) >= 11 is 0. The number of rotatable bonds is 3. The van der Waals surface area contributed by atoms with Crippen LogP contribution < -0.4 is 5.56 Å². The Morgan fingerprint density at radius 2 is 2.00 bits per heavy atom. The molecule has 0 spiro atoms. The van der Waals surface area contributed by atoms with Crippen LogP contribution in [0.15, 0.2) is 23.0 Å². The fraction of sp³-hybridized carbons (Fsp3) is 0.500. The molecule has 1 unspecified atom stereocenters. The second-order valence-corrected chi connectivity index (χ2v) is 7.42. The van der Waals surface area contributed by atoms with E-state index < -0.39 is 5.97 Å². The third-order valence-electron chi connectivity index (χ3n) is 5.61. The molecule has 1 N–H and O–H groups in total. The highest BCUT2D eigenvalue weighted by atomic mass is 16.4. The standard InChI is InChI=1S/C20H23N3O4/c24-18(25)12-14-5-4-10-22(14)19(26)13-7-8-15-16(11-13)21-17-6-2-1-3-9-23(17)20(15)27/h7-8,11,14H,1-6,9-10,12H2,(H,24,25). The maximum absolute atomic E-state index is 12.9. The van der Waals surface area contributed by atoms with Gasteiger partial charge in [0.2, 0.25) is 0 Å². The van der Waals surface area contributed by atoms with Gasteiger partial charge in [-0.2, -0.15) is 0 Å². The summed E-state index contributed by atoms with van der Waals surface area (Å²) in [5.41, 5.74) is 0.971. The van der Waals surface area contributed by atoms with E-state index in [1.54, 1.807) is 27.7 Å². The number of nitrogens with zero attached hydrogens (tertiary/aromatic N) is 3. The molecule has 0 radical (unpaired) electrons. The number of aryl methyl sites for hydroxylation is 1. The van der Waals surface area contributed by atoms with Crippen molar-refractivity contribution in [3.8, 4) is 0 Å². The van der Waals surface area contributed by atoms with Crippen molar-refractivity contribution in [2.75, 3.05) is 6.54 Å². The lowest BCUT2D eigenvalue weighted by atomic mass is 10.1. The molecule has 2 aromatic rings. The summed E-state index contributed by atoms with van der Waals surface area (Å²) in [4.78, 5) is 43.1. The van der Waals surface area contributed by atoms with Crippen LogP contribution in [0, 0.1) is 0 Å². The molecule has 0 saturated carbocycles. The molecule has 0 bridgehead atoms. The number of hydrogen-bond donors (Lipinski definition) is 1. The Morgan fingerprint density at radius 1 is 1.15 bits per heavy atom. The maximum Gasteiger partial charge on any atom is 0.305 e. The van der Waals surface area contributed by atoms with Crippen LogP contribution in [-0.2, 0) is 17.8 Å². The topological polar surface area (TPSA) is 92.5 Å². The largest absolute Gasteiger partial charge is 0.481 e. The highest BCUT2D eigenvalue weighted by Crippen LogP contribution is 2.24. The summed E-state index contributed by atoms with van der Waals surface area (Å²) in [6, 6.07) is 4.75. The smallest absolute Gasteiger partial charge is 0.305 e. The zero-order valence-electron chi connectivity index (χ0n) is 15.2. The van der Waals surface area contributed by atoms with Crippen molar-refractivity contribution < 1.29 is 14.7 Å². The van der Waals surface area contributed by atoms with Crippen LogP contribution in [0.1, 0.15) is 54.7 Å². The molecule has 1 amide bonds. The number of carbonyl (C=O) groups is 2. The van der Waals surface area contributed by atoms with Crippen LogP contribution in [0.3, 0.4) is 0 Å². The Morgan fingerprint density at radius 3 is 2.81 bits per heavy atom. The van der Waals surface area contributed by atoms with Gasteiger partial charge in [-0.15, -0.1) is 0 Å². The lowest BCUT2D eigenvalue weighted by molar-refractivity contribution is -0.137. The van der Waals surface area contributed by atoms with Gasteiger partial charge in [-0.3, -0.25) is 19.0 Å². The van der Waals surface area contributed by atoms with Crippen molar-refractivity contribution in [3.63, 3.8) is 0 Å². The van der Waals surface area contributed by atoms with Crippen molar-refractivity contribution in [2.45, 2.75) is 57.5 Å². The Bertz CT molecular complexity index is 966. The minimum Gasteiger partial charge on any atom is -0.481 e. The number of carbonyl (C=O) groups excluding carboxylic acids is 1. The average Bonchev–Trinajstić information content (AvgIpc) is 2.96. The van der Waals surface area contributed by atoms with Crippen LogP contribution >= 0.6 is 0 Å². The van der Waals surface area contributed by atoms with E-state index >= 15 is 0 Å². The minimum absolute atomic E-state index is 0.0353. The first kappa shape index (κ1) is 17.7. The van der Waals surface area contributed by atoms with Gasteiger partial charge in [0.05, 0.1) is 17.3 Å². The predicted octanol–water partition coefficient (Wildman–Crippen LogP) is 2.20. The molecule has 1 fully saturated rings. The molecule has 3 heterocycles. The third kappa shape index (κ3) is 3.34. The third-order valence-corrected chi connectivity index (χ3v) is 5.61. The predicted molar refractivity (Wildman–Crippen MR) is 99.9 cm³/mol. The van der Waals surface area contributed by atoms with Crippen molar-refractivity contribution >= 4 is 22.8 Å². The number of likely N-dealkylation sites (tertiary alicyclic amines) is 1. The molecule has 1 atom stereocenters. The van der Waals surface area contributed by atoms with Gasteiger partial charge in [-0.25, -0.2) is 4.98 Å². The van der Waals surface area contributed by atoms with Gasteiger partial charge in [0, 0.05) is 31.1 Å². The van der Waals surface area contributed by atoms with E-state index in [2.05, 4.69) is 4.98 Å². The molecule has 2 aliphatic heterocycles. The zero-order valence-corrected chi connectivity index (χ0v) is 15.2. The first-order chi connectivity index (χ1) is 13.0. The Balaban J connectivity index is 1.70. The molecule has 2 aliphatic rings. The van der Waals surface area contributed by atoms with E-state index in [9.17, 15) is 14.4 Å². The molecule has 7 heteroatoms. The number of aliphatic carboxylic acids is 1. The summed E-state index contributed by atoms with van der Waals surface area (Å²) in [5, 5.41) is 9.59. The van der Waals surface area contributed by atoms with Crippen LogP contribution in [0.5, 0.6) is 0 Å². The molecule has 142 valence electrons. The molecular weight excluding hydrogens is 346 g/mol. The second-order valence-electron chi connectivity index (χ2n) is 7.42. The summed E-state index contributed by atoms with van der Waals surface area (Å²) in [7, 11) is 0. The maximum atomic E-state index is 12.9. The number of carboxylic acid groups (broad SMARTS) is 1. The van der Waals surface area contributed by atoms with E-state index in [-0.39, 0.29) is 23.9 Å². The van der Waals surface area contributed by atoms with Gasteiger partial charge >= 0.3 is 5.97 Å². The fourth-order valence-corrected chi connectivity index (χ4v) is 4.23. The zero-order chi connectivity index (χ0) is 19.0. The SMILES string of the molecule is O=C(O)CC1CCCN1C(=O)c1ccc2c(=O)n3c(nc2c1)CCCCC3. The molecule has 4 rings (SSSR count). The van der Waals surface area contributed by atoms with E-state index in [1.165, 1.54) is 0 Å². The Kier molecular flexibility index (Phi) is 4.68. The fourth-order valence-electron chi connectivity index (χ4n) is 4.23. The monoisotopic (exact) mass is 369 g/mol. The number of carboxylic acids is 1. The number of fused-ring (bicyclic) bond motifs is 2. The van der Waals surface area contributed by atoms with Crippen LogP contribution in [-0.4, -0.2) is 44.0 Å². The molecular formula is C20H23N3O4.